The van der Waals surface area contributed by atoms with Crippen LogP contribution in [-0.2, 0) is 16.0 Å². The van der Waals surface area contributed by atoms with Crippen LogP contribution in [0.25, 0.3) is 0 Å². The molecule has 1 aromatic carbocycles. The van der Waals surface area contributed by atoms with Gasteiger partial charge < -0.3 is 56.7 Å². The Balaban J connectivity index is 0.979. The van der Waals surface area contributed by atoms with E-state index in [0.717, 1.165) is 63.8 Å². The molecule has 7 fully saturated rings. The number of ether oxygens (including phenoxy) is 2. The molecular formula is C62H87N5O8S2. The highest BCUT2D eigenvalue weighted by Gasteiger charge is 2.75. The Morgan fingerprint density at radius 1 is 0.974 bits per heavy atom. The van der Waals surface area contributed by atoms with Crippen LogP contribution in [0.5, 0.6) is 11.5 Å². The number of piperidine rings is 2. The van der Waals surface area contributed by atoms with Crippen LogP contribution in [0.2, 0.25) is 0 Å². The number of phenols is 1. The van der Waals surface area contributed by atoms with Crippen molar-refractivity contribution in [1.29, 1.82) is 0 Å². The van der Waals surface area contributed by atoms with E-state index in [1.165, 1.54) is 90.0 Å². The van der Waals surface area contributed by atoms with Crippen molar-refractivity contribution >= 4 is 33.5 Å². The van der Waals surface area contributed by atoms with Crippen molar-refractivity contribution in [2.24, 2.45) is 62.0 Å². The van der Waals surface area contributed by atoms with E-state index in [9.17, 15) is 30.3 Å². The number of nitrogens with one attached hydrogen (secondary N) is 3. The summed E-state index contributed by atoms with van der Waals surface area (Å²) in [4.78, 5) is 18.8. The summed E-state index contributed by atoms with van der Waals surface area (Å²) in [7, 11) is 4.19. The number of nitrogens with two attached hydrogens (primary N) is 1. The number of carbonyl (C=O) groups is 1. The summed E-state index contributed by atoms with van der Waals surface area (Å²) in [5, 5.41) is 71.3. The van der Waals surface area contributed by atoms with E-state index in [4.69, 9.17) is 20.2 Å². The number of fused-ring (bicyclic) bond motifs is 8. The van der Waals surface area contributed by atoms with Gasteiger partial charge in [-0.1, -0.05) is 82.9 Å². The summed E-state index contributed by atoms with van der Waals surface area (Å²) in [6, 6.07) is 2.68. The van der Waals surface area contributed by atoms with Crippen LogP contribution in [0.4, 0.5) is 0 Å². The quantitative estimate of drug-likeness (QED) is 0.0448. The number of guanidine groups is 1. The van der Waals surface area contributed by atoms with Gasteiger partial charge in [0.15, 0.2) is 23.7 Å². The number of carbonyl (C=O) groups excluding carboxylic acids is 1. The number of benzene rings is 1. The average Bonchev–Trinajstić information content (AvgIpc) is 3.82. The fourth-order valence-corrected chi connectivity index (χ4v) is 23.4. The van der Waals surface area contributed by atoms with E-state index < -0.39 is 53.9 Å². The molecule has 10 N–H and O–H groups in total. The molecule has 13 nitrogen and oxygen atoms in total. The van der Waals surface area contributed by atoms with Crippen LogP contribution in [0.15, 0.2) is 40.9 Å². The second-order valence-electron chi connectivity index (χ2n) is 27.0. The Morgan fingerprint density at radius 3 is 2.65 bits per heavy atom. The molecule has 0 radical (unpaired) electrons. The van der Waals surface area contributed by atoms with Gasteiger partial charge in [0, 0.05) is 71.7 Å². The van der Waals surface area contributed by atoms with Crippen LogP contribution < -0.4 is 26.4 Å². The first kappa shape index (κ1) is 53.4. The molecule has 0 unspecified atom stereocenters. The monoisotopic (exact) mass is 1090 g/mol. The summed E-state index contributed by atoms with van der Waals surface area (Å²) >= 11 is 0. The van der Waals surface area contributed by atoms with Crippen LogP contribution in [0, 0.1) is 63.1 Å². The average molecular weight is 1090 g/mol. The molecule has 10 bridgehead atoms. The Kier molecular flexibility index (Phi) is 14.2. The molecule has 5 heterocycles. The number of hydrogen-bond acceptors (Lipinski definition) is 15. The minimum Gasteiger partial charge on any atom is -0.504 e. The number of nitrogens with zero attached hydrogens (tertiary/aromatic N) is 1. The minimum absolute atomic E-state index is 0.0556. The standard InChI is InChI=1S/C62H87N5O8S2/c1-37(68)74-50-30-43(69)17-25-58-24-15-38-7-5-21-60(32-44(18-26-65-60)75-51-29-40(28-46(38)50)47(55(72)73)31-49(51)70)53-14-13-45(34-64-53)77-76-36-61(67-56(63)66-52(58)9-4-10-54(58)71)35-59-33-48-39(11-12-41-8-6-22-62(41,48)61)27-42(59)16-23-57(59)19-2-3-20-57/h4,9,27,29,31,38,41-46,48,50,52-55,64-65,69-73H,2-3,5-8,10-14,16-23,25-26,28,30,32-36H2,1H3,(H3,63,66,67)/t38-,41-,42+,43+,44-,45+,46+,48-,50+,52-,53+,54+,58-,59+,60-,61+,62+/m1/s1. The minimum atomic E-state index is -1.90. The van der Waals surface area contributed by atoms with Gasteiger partial charge in [-0.2, -0.15) is 0 Å². The van der Waals surface area contributed by atoms with Crippen LogP contribution in [-0.4, -0.2) is 109 Å². The van der Waals surface area contributed by atoms with Crippen molar-refractivity contribution in [1.82, 2.24) is 16.0 Å². The molecule has 15 heteroatoms. The SMILES string of the molecule is CC(=O)O[C@H]1C[C@@H](O)CC[C@]23C#C[C@H]4CCC[C@@]5(C[C@@H](CCN5)Oc5cc(c(C(O)O)cc5O)C[C@H]14)[C@@H]1CC[C@@H](CN1)SSC[C@]1(C[C@@]45C[C@@H]6C(=C[C@@H]4CCC54CCCC4)CC[C@H]4CCC[C@]461)NC(N)=N[C@@H]2C=CC[C@@H]3O. The van der Waals surface area contributed by atoms with E-state index in [1.54, 1.807) is 11.6 Å². The molecule has 420 valence electrons. The van der Waals surface area contributed by atoms with E-state index in [-0.39, 0.29) is 70.4 Å². The van der Waals surface area contributed by atoms with Gasteiger partial charge in [-0.15, -0.1) is 0 Å². The van der Waals surface area contributed by atoms with Gasteiger partial charge in [-0.05, 0) is 175 Å². The van der Waals surface area contributed by atoms with E-state index in [1.807, 2.05) is 6.08 Å². The van der Waals surface area contributed by atoms with Crippen LogP contribution >= 0.6 is 21.6 Å². The van der Waals surface area contributed by atoms with E-state index in [2.05, 4.69) is 61.5 Å². The smallest absolute Gasteiger partial charge is 0.302 e. The highest BCUT2D eigenvalue weighted by molar-refractivity contribution is 8.77. The van der Waals surface area contributed by atoms with Crippen molar-refractivity contribution in [3.63, 3.8) is 0 Å². The molecule has 17 atom stereocenters. The number of aromatic hydroxyl groups is 1. The van der Waals surface area contributed by atoms with Crippen LogP contribution in [0.3, 0.4) is 0 Å². The first-order valence-corrected chi connectivity index (χ1v) is 32.8. The Hall–Kier alpha value is -2.94. The Morgan fingerprint density at radius 2 is 1.83 bits per heavy atom. The molecule has 5 aliphatic heterocycles. The van der Waals surface area contributed by atoms with Gasteiger partial charge in [0.2, 0.25) is 0 Å². The molecule has 0 amide bonds. The van der Waals surface area contributed by atoms with Gasteiger partial charge in [0.05, 0.1) is 29.2 Å². The summed E-state index contributed by atoms with van der Waals surface area (Å²) in [5.74, 6) is 9.48. The second-order valence-corrected chi connectivity index (χ2v) is 29.6. The van der Waals surface area contributed by atoms with Gasteiger partial charge in [0.1, 0.15) is 12.2 Å². The lowest BCUT2D eigenvalue weighted by atomic mass is 9.37. The van der Waals surface area contributed by atoms with Gasteiger partial charge >= 0.3 is 5.97 Å². The molecule has 2 saturated heterocycles. The number of rotatable bonds is 2. The maximum atomic E-state index is 13.2. The molecule has 8 aliphatic carbocycles. The third kappa shape index (κ3) is 8.86. The maximum absolute atomic E-state index is 13.2. The molecule has 0 aromatic heterocycles. The lowest BCUT2D eigenvalue weighted by Crippen LogP contribution is -2.74. The third-order valence-electron chi connectivity index (χ3n) is 23.6. The lowest BCUT2D eigenvalue weighted by Gasteiger charge is -2.70. The first-order chi connectivity index (χ1) is 37.2. The Labute approximate surface area is 464 Å². The number of aliphatic hydroxyl groups is 4. The van der Waals surface area contributed by atoms with E-state index in [0.29, 0.717) is 59.2 Å². The molecule has 14 rings (SSSR count). The van der Waals surface area contributed by atoms with Crippen molar-refractivity contribution in [2.45, 2.75) is 227 Å². The van der Waals surface area contributed by atoms with Gasteiger partial charge in [-0.3, -0.25) is 4.79 Å². The highest BCUT2D eigenvalue weighted by atomic mass is 33.1. The lowest BCUT2D eigenvalue weighted by molar-refractivity contribution is -0.152. The molecular weight excluding hydrogens is 1010 g/mol. The number of allylic oxidation sites excluding steroid dienone is 2. The zero-order valence-electron chi connectivity index (χ0n) is 45.5. The normalized spacial score (nSPS) is 45.0. The Bertz CT molecular complexity index is 2590. The third-order valence-corrected chi connectivity index (χ3v) is 26.6. The molecule has 5 saturated carbocycles. The van der Waals surface area contributed by atoms with Crippen molar-refractivity contribution in [2.75, 3.05) is 18.8 Å². The fourth-order valence-electron chi connectivity index (χ4n) is 20.3. The zero-order valence-corrected chi connectivity index (χ0v) is 47.1. The first-order valence-electron chi connectivity index (χ1n) is 30.4. The number of aliphatic hydroxyl groups excluding tert-OH is 3. The predicted octanol–water partition coefficient (Wildman–Crippen LogP) is 8.41. The topological polar surface area (TPSA) is 211 Å². The maximum Gasteiger partial charge on any atom is 0.302 e. The van der Waals surface area contributed by atoms with Gasteiger partial charge in [-0.25, -0.2) is 4.99 Å². The van der Waals surface area contributed by atoms with Crippen molar-refractivity contribution in [3.05, 3.63) is 47.1 Å². The van der Waals surface area contributed by atoms with Crippen molar-refractivity contribution in [3.8, 4) is 23.3 Å². The molecule has 77 heavy (non-hydrogen) atoms. The van der Waals surface area contributed by atoms with Crippen molar-refractivity contribution < 1.29 is 39.8 Å². The van der Waals surface area contributed by atoms with E-state index >= 15 is 0 Å². The number of phenolic OH excluding ortho intramolecular Hbond substituents is 1. The number of esters is 1. The number of aliphatic imine (C=N–C) groups is 1. The highest BCUT2D eigenvalue weighted by Crippen LogP contribution is 2.80. The summed E-state index contributed by atoms with van der Waals surface area (Å²) in [6.07, 6.45) is 26.1. The van der Waals surface area contributed by atoms with Gasteiger partial charge in [0.25, 0.3) is 0 Å². The molecule has 13 aliphatic rings. The predicted molar refractivity (Wildman–Crippen MR) is 302 cm³/mol. The fraction of sp³-hybridized carbons (Fsp3) is 0.774. The number of hydrogen-bond donors (Lipinski definition) is 9. The van der Waals surface area contributed by atoms with Crippen LogP contribution in [0.1, 0.15) is 178 Å². The summed E-state index contributed by atoms with van der Waals surface area (Å²) in [6.45, 7) is 3.04. The second kappa shape index (κ2) is 20.5. The summed E-state index contributed by atoms with van der Waals surface area (Å²) < 4.78 is 13.1. The zero-order chi connectivity index (χ0) is 53.0. The molecule has 6 spiro atoms. The summed E-state index contributed by atoms with van der Waals surface area (Å²) in [5.41, 5.74) is 8.99. The molecule has 1 aromatic rings. The largest absolute Gasteiger partial charge is 0.504 e.